The lowest BCUT2D eigenvalue weighted by Gasteiger charge is -2.34. The molecule has 0 unspecified atom stereocenters. The number of nitrogens with one attached hydrogen (secondary N) is 5. The predicted octanol–water partition coefficient (Wildman–Crippen LogP) is 22.7. The molecule has 1 aliphatic heterocycles. The van der Waals surface area contributed by atoms with Crippen LogP contribution in [0, 0.1) is 67.7 Å². The molecule has 0 spiro atoms. The van der Waals surface area contributed by atoms with Gasteiger partial charge in [-0.3, -0.25) is 0 Å². The van der Waals surface area contributed by atoms with E-state index in [1.165, 1.54) is 101 Å². The van der Waals surface area contributed by atoms with Crippen LogP contribution in [0.15, 0.2) is 97.1 Å². The van der Waals surface area contributed by atoms with Crippen LogP contribution < -0.4 is 26.6 Å². The molecule has 6 aromatic heterocycles. The highest BCUT2D eigenvalue weighted by molar-refractivity contribution is 5.47. The highest BCUT2D eigenvalue weighted by Crippen LogP contribution is 2.40. The Bertz CT molecular complexity index is 5390. The summed E-state index contributed by atoms with van der Waals surface area (Å²) in [4.78, 5) is 66.1. The lowest BCUT2D eigenvalue weighted by Crippen LogP contribution is -2.51. The minimum Gasteiger partial charge on any atom is -0.354 e. The number of anilines is 4. The maximum Gasteiger partial charge on any atom is 0.223 e. The van der Waals surface area contributed by atoms with E-state index >= 15 is 0 Å². The SMILES string of the molecule is CCNc1nc(C)c(Cc2ccc(C)cc2)c(C(C)(C)C)n1.CN(C)Cc1nc2c(c(C(C)(C)C)n1)CC(C)(C)CC2.Cc1ccc(Cc2c(C)nc(NC3CNC3)nc2C(C)(C)C)cc1.Cc1ccc(Cc2c(C)nc(NCCCN(C)C)nc2C(C)(C)C)cc1.Cc1ccc(Cc2c(C)nc(NCCN(C)C)nc2C(C)(C)C)cc1.Cc1nc(CN(C)C)nc(C(C)(C)C)c1C(C)C. The average molecular weight is 1840 g/mol. The maximum absolute atomic E-state index is 4.91. The normalized spacial score (nSPS) is 13.4. The lowest BCUT2D eigenvalue weighted by atomic mass is 9.73. The van der Waals surface area contributed by atoms with E-state index < -0.39 is 0 Å². The van der Waals surface area contributed by atoms with Crippen molar-refractivity contribution in [2.24, 2.45) is 5.41 Å². The quantitative estimate of drug-likeness (QED) is 0.0318. The van der Waals surface area contributed by atoms with Crippen LogP contribution in [0.4, 0.5) is 23.8 Å². The summed E-state index contributed by atoms with van der Waals surface area (Å²) < 4.78 is 0. The molecule has 0 bridgehead atoms. The van der Waals surface area contributed by atoms with Crippen molar-refractivity contribution in [3.05, 3.63) is 255 Å². The van der Waals surface area contributed by atoms with E-state index in [9.17, 15) is 0 Å². The number of likely N-dealkylation sites (N-methyl/N-ethyl adjacent to an activating group) is 1. The molecule has 12 rings (SSSR count). The van der Waals surface area contributed by atoms with Crippen molar-refractivity contribution in [1.29, 1.82) is 0 Å². The first-order chi connectivity index (χ1) is 62.7. The second-order valence-electron chi connectivity index (χ2n) is 46.2. The number of hydrogen-bond donors (Lipinski definition) is 5. The zero-order valence-electron chi connectivity index (χ0n) is 91.6. The molecule has 135 heavy (non-hydrogen) atoms. The summed E-state index contributed by atoms with van der Waals surface area (Å²) in [6.07, 6.45) is 8.00. The molecule has 5 N–H and O–H groups in total. The molecule has 10 aromatic rings. The fourth-order valence-corrected chi connectivity index (χ4v) is 16.6. The first-order valence-corrected chi connectivity index (χ1v) is 49.5. The van der Waals surface area contributed by atoms with E-state index in [1.54, 1.807) is 0 Å². The van der Waals surface area contributed by atoms with Gasteiger partial charge in [0, 0.05) is 132 Å². The highest BCUT2D eigenvalue weighted by Gasteiger charge is 2.35. The largest absolute Gasteiger partial charge is 0.354 e. The second kappa shape index (κ2) is 49.1. The fraction of sp³-hybridized carbons (Fsp3) is 0.579. The van der Waals surface area contributed by atoms with E-state index in [0.29, 0.717) is 17.4 Å². The van der Waals surface area contributed by atoms with E-state index in [4.69, 9.17) is 49.8 Å². The molecule has 1 aliphatic carbocycles. The molecule has 0 atom stereocenters. The van der Waals surface area contributed by atoms with E-state index in [2.05, 4.69) is 417 Å². The molecule has 4 aromatic carbocycles. The van der Waals surface area contributed by atoms with Crippen LogP contribution in [0.3, 0.4) is 0 Å². The van der Waals surface area contributed by atoms with Gasteiger partial charge in [-0.05, 0) is 225 Å². The van der Waals surface area contributed by atoms with Crippen LogP contribution in [0.1, 0.15) is 336 Å². The molecule has 21 heteroatoms. The van der Waals surface area contributed by atoms with Crippen molar-refractivity contribution < 1.29 is 0 Å². The second-order valence-corrected chi connectivity index (χ2v) is 46.2. The molecule has 2 aliphatic rings. The maximum atomic E-state index is 4.91. The Morgan fingerprint density at radius 2 is 0.681 bits per heavy atom. The number of benzene rings is 4. The fourth-order valence-electron chi connectivity index (χ4n) is 16.6. The monoisotopic (exact) mass is 1840 g/mol. The van der Waals surface area contributed by atoms with Gasteiger partial charge in [0.15, 0.2) is 0 Å². The van der Waals surface area contributed by atoms with Crippen LogP contribution >= 0.6 is 0 Å². The van der Waals surface area contributed by atoms with Crippen LogP contribution in [0.2, 0.25) is 0 Å². The molecule has 1 saturated heterocycles. The van der Waals surface area contributed by atoms with Gasteiger partial charge in [-0.1, -0.05) is 272 Å². The molecule has 1 fully saturated rings. The molecule has 0 saturated carbocycles. The number of nitrogens with zero attached hydrogens (tertiary/aromatic N) is 16. The number of aromatic nitrogens is 12. The number of rotatable bonds is 26. The van der Waals surface area contributed by atoms with Crippen LogP contribution in [-0.4, -0.2) is 188 Å². The summed E-state index contributed by atoms with van der Waals surface area (Å²) in [6, 6.07) is 35.4. The van der Waals surface area contributed by atoms with Crippen molar-refractivity contribution in [2.75, 3.05) is 123 Å². The van der Waals surface area contributed by atoms with E-state index in [0.717, 1.165) is 191 Å². The van der Waals surface area contributed by atoms with Crippen molar-refractivity contribution in [1.82, 2.24) is 84.7 Å². The molecular formula is C114H177N21. The number of aryl methyl sites for hydroxylation is 10. The van der Waals surface area contributed by atoms with Gasteiger partial charge < -0.3 is 46.2 Å². The zero-order chi connectivity index (χ0) is 101. The summed E-state index contributed by atoms with van der Waals surface area (Å²) >= 11 is 0. The Hall–Kier alpha value is -9.64. The Balaban J connectivity index is 0.000000222. The zero-order valence-corrected chi connectivity index (χ0v) is 91.6. The van der Waals surface area contributed by atoms with Gasteiger partial charge in [-0.2, -0.15) is 0 Å². The summed E-state index contributed by atoms with van der Waals surface area (Å²) in [5.41, 5.74) is 32.3. The van der Waals surface area contributed by atoms with E-state index in [1.807, 2.05) is 14.1 Å². The van der Waals surface area contributed by atoms with Gasteiger partial charge in [-0.15, -0.1) is 0 Å². The molecule has 21 nitrogen and oxygen atoms in total. The van der Waals surface area contributed by atoms with E-state index in [-0.39, 0.29) is 32.5 Å². The molecule has 0 radical (unpaired) electrons. The predicted molar refractivity (Wildman–Crippen MR) is 572 cm³/mol. The topological polar surface area (TPSA) is 228 Å². The third-order valence-electron chi connectivity index (χ3n) is 24.0. The average Bonchev–Trinajstić information content (AvgIpc) is 0.817. The Morgan fingerprint density at radius 1 is 0.363 bits per heavy atom. The van der Waals surface area contributed by atoms with Gasteiger partial charge in [0.25, 0.3) is 0 Å². The van der Waals surface area contributed by atoms with Crippen molar-refractivity contribution >= 4 is 23.8 Å². The van der Waals surface area contributed by atoms with Gasteiger partial charge >= 0.3 is 0 Å². The standard InChI is InChI=1S/C22H34N4.C21H32N4.C20H28N4.C19H27N3.C17H29N3.C15H27N3/c1-16-9-11-18(12-10-16)15-19-17(2)24-21(23-13-8-14-26(6)7)25-20(19)22(3,4)5;1-15-8-10-17(11-9-15)14-18-16(2)23-20(22-12-13-25(6)7)24-19(18)21(3,4)5;1-13-6-8-15(9-7-13)10-17-14(2)22-19(23-16-11-21-12-16)24-18(17)20(3,4)5;1-7-20-18-21-14(3)16(17(22-18)19(4,5)6)12-15-10-8-13(2)9-11-15;1-16(2,3)15-12-10-17(4,5)9-8-13(12)18-14(19-15)11-20(6)7;1-10(2)13-11(3)16-12(9-18(7)8)17-14(13)15(4,5)6/h9-12H,8,13-15H2,1-7H3,(H,23,24,25);8-11H,12-14H2,1-7H3,(H,22,23,24);6-9,16,21H,10-12H2,1-5H3,(H,22,23,24);8-11H,7,12H2,1-6H3,(H,20,21,22);8-11H2,1-7H3;10H,9H2,1-8H3. The Morgan fingerprint density at radius 3 is 0.993 bits per heavy atom. The summed E-state index contributed by atoms with van der Waals surface area (Å²) in [5, 5.41) is 16.7. The first kappa shape index (κ1) is 112. The van der Waals surface area contributed by atoms with Crippen LogP contribution in [0.25, 0.3) is 0 Å². The summed E-state index contributed by atoms with van der Waals surface area (Å²) in [5.74, 6) is 5.34. The Kier molecular flexibility index (Phi) is 40.8. The minimum atomic E-state index is -0.0221. The smallest absolute Gasteiger partial charge is 0.223 e. The molecular weight excluding hydrogens is 1660 g/mol. The summed E-state index contributed by atoms with van der Waals surface area (Å²) in [6.45, 7) is 78.4. The third kappa shape index (κ3) is 36.0. The molecule has 0 amide bonds. The number of fused-ring (bicyclic) bond motifs is 1. The van der Waals surface area contributed by atoms with Gasteiger partial charge in [0.2, 0.25) is 23.8 Å². The Labute approximate surface area is 817 Å². The molecule has 7 heterocycles. The lowest BCUT2D eigenvalue weighted by molar-refractivity contribution is 0.304. The van der Waals surface area contributed by atoms with Gasteiger partial charge in [-0.25, -0.2) is 59.8 Å². The minimum absolute atomic E-state index is 0.00208. The first-order valence-electron chi connectivity index (χ1n) is 49.5. The van der Waals surface area contributed by atoms with Gasteiger partial charge in [0.1, 0.15) is 11.6 Å². The third-order valence-corrected chi connectivity index (χ3v) is 24.0. The summed E-state index contributed by atoms with van der Waals surface area (Å²) in [7, 11) is 16.6. The number of hydrogen-bond acceptors (Lipinski definition) is 21. The van der Waals surface area contributed by atoms with Crippen molar-refractivity contribution in [3.8, 4) is 0 Å². The van der Waals surface area contributed by atoms with Crippen LogP contribution in [-0.2, 0) is 84.1 Å². The van der Waals surface area contributed by atoms with Gasteiger partial charge in [0.05, 0.1) is 53.3 Å². The van der Waals surface area contributed by atoms with Crippen LogP contribution in [0.5, 0.6) is 0 Å². The van der Waals surface area contributed by atoms with Crippen molar-refractivity contribution in [2.45, 2.75) is 330 Å². The van der Waals surface area contributed by atoms with Crippen molar-refractivity contribution in [3.63, 3.8) is 0 Å². The molecule has 738 valence electrons. The highest BCUT2D eigenvalue weighted by atomic mass is 15.2.